The SMILES string of the molecule is O=C(Nc1cc[nH]c(=O)c1)c1ccc(C(F)(F)F)cc1C1CCc2ccc(F)cc21. The number of alkyl halides is 3. The third kappa shape index (κ3) is 3.85. The Balaban J connectivity index is 1.79. The predicted octanol–water partition coefficient (Wildman–Crippen LogP) is 4.86. The fourth-order valence-electron chi connectivity index (χ4n) is 3.85. The zero-order chi connectivity index (χ0) is 21.5. The average Bonchev–Trinajstić information content (AvgIpc) is 3.09. The standard InChI is InChI=1S/C22H16F4N2O2/c23-14-4-1-12-2-5-16(18(12)10-14)19-9-13(22(24,25)26)3-6-17(19)21(30)28-15-7-8-27-20(29)11-15/h1,3-4,6-11,16H,2,5H2,(H2,27,28,29,30). The van der Waals surface area contributed by atoms with Crippen LogP contribution in [-0.2, 0) is 12.6 Å². The normalized spacial score (nSPS) is 15.7. The monoisotopic (exact) mass is 416 g/mol. The van der Waals surface area contributed by atoms with Crippen molar-refractivity contribution < 1.29 is 22.4 Å². The summed E-state index contributed by atoms with van der Waals surface area (Å²) in [6.45, 7) is 0. The summed E-state index contributed by atoms with van der Waals surface area (Å²) in [7, 11) is 0. The van der Waals surface area contributed by atoms with Crippen LogP contribution in [-0.4, -0.2) is 10.9 Å². The van der Waals surface area contributed by atoms with Crippen molar-refractivity contribution in [3.05, 3.63) is 98.7 Å². The van der Waals surface area contributed by atoms with E-state index in [-0.39, 0.29) is 16.8 Å². The Morgan fingerprint density at radius 2 is 1.83 bits per heavy atom. The molecule has 8 heteroatoms. The molecule has 1 aliphatic carbocycles. The number of hydrogen-bond donors (Lipinski definition) is 2. The molecule has 30 heavy (non-hydrogen) atoms. The number of halogens is 4. The summed E-state index contributed by atoms with van der Waals surface area (Å²) in [5, 5.41) is 2.54. The van der Waals surface area contributed by atoms with Crippen LogP contribution in [0.4, 0.5) is 23.2 Å². The van der Waals surface area contributed by atoms with E-state index in [4.69, 9.17) is 0 Å². The predicted molar refractivity (Wildman–Crippen MR) is 103 cm³/mol. The third-order valence-electron chi connectivity index (χ3n) is 5.22. The van der Waals surface area contributed by atoms with Gasteiger partial charge in [-0.05, 0) is 65.9 Å². The van der Waals surface area contributed by atoms with Crippen LogP contribution in [0, 0.1) is 5.82 Å². The smallest absolute Gasteiger partial charge is 0.329 e. The van der Waals surface area contributed by atoms with Crippen molar-refractivity contribution in [2.24, 2.45) is 0 Å². The van der Waals surface area contributed by atoms with E-state index in [9.17, 15) is 27.2 Å². The van der Waals surface area contributed by atoms with Gasteiger partial charge >= 0.3 is 6.18 Å². The second-order valence-electron chi connectivity index (χ2n) is 7.13. The van der Waals surface area contributed by atoms with Crippen LogP contribution in [0.1, 0.15) is 45.0 Å². The summed E-state index contributed by atoms with van der Waals surface area (Å²) < 4.78 is 53.8. The van der Waals surface area contributed by atoms with Crippen LogP contribution in [0.5, 0.6) is 0 Å². The van der Waals surface area contributed by atoms with Gasteiger partial charge in [-0.1, -0.05) is 6.07 Å². The van der Waals surface area contributed by atoms with Gasteiger partial charge in [-0.2, -0.15) is 13.2 Å². The van der Waals surface area contributed by atoms with Crippen LogP contribution in [0.25, 0.3) is 0 Å². The molecule has 2 N–H and O–H groups in total. The molecule has 4 nitrogen and oxygen atoms in total. The number of rotatable bonds is 3. The highest BCUT2D eigenvalue weighted by molar-refractivity contribution is 6.05. The van der Waals surface area contributed by atoms with Gasteiger partial charge in [0.05, 0.1) is 5.56 Å². The molecule has 0 fully saturated rings. The lowest BCUT2D eigenvalue weighted by atomic mass is 9.87. The number of pyridine rings is 1. The summed E-state index contributed by atoms with van der Waals surface area (Å²) in [6, 6.07) is 9.80. The number of H-pyrrole nitrogens is 1. The van der Waals surface area contributed by atoms with Crippen LogP contribution >= 0.6 is 0 Å². The minimum absolute atomic E-state index is 0.0467. The van der Waals surface area contributed by atoms with Crippen LogP contribution in [0.2, 0.25) is 0 Å². The summed E-state index contributed by atoms with van der Waals surface area (Å²) in [6.07, 6.45) is -2.20. The summed E-state index contributed by atoms with van der Waals surface area (Å²) in [5.41, 5.74) is 0.560. The number of amides is 1. The molecule has 0 saturated carbocycles. The molecule has 2 aromatic carbocycles. The topological polar surface area (TPSA) is 62.0 Å². The molecule has 154 valence electrons. The van der Waals surface area contributed by atoms with Gasteiger partial charge in [0.1, 0.15) is 5.82 Å². The van der Waals surface area contributed by atoms with E-state index >= 15 is 0 Å². The zero-order valence-electron chi connectivity index (χ0n) is 15.5. The molecular weight excluding hydrogens is 400 g/mol. The van der Waals surface area contributed by atoms with Crippen molar-refractivity contribution in [1.29, 1.82) is 0 Å². The van der Waals surface area contributed by atoms with E-state index in [0.717, 1.165) is 23.8 Å². The molecule has 0 bridgehead atoms. The molecule has 1 aliphatic rings. The lowest BCUT2D eigenvalue weighted by Gasteiger charge is -2.19. The molecule has 0 radical (unpaired) electrons. The minimum atomic E-state index is -4.58. The van der Waals surface area contributed by atoms with Gasteiger partial charge < -0.3 is 10.3 Å². The quantitative estimate of drug-likeness (QED) is 0.599. The summed E-state index contributed by atoms with van der Waals surface area (Å²) >= 11 is 0. The number of carbonyl (C=O) groups excluding carboxylic acids is 1. The first-order valence-electron chi connectivity index (χ1n) is 9.22. The van der Waals surface area contributed by atoms with E-state index in [1.807, 2.05) is 0 Å². The van der Waals surface area contributed by atoms with Crippen molar-refractivity contribution in [2.75, 3.05) is 5.32 Å². The van der Waals surface area contributed by atoms with Gasteiger partial charge in [0.25, 0.3) is 5.91 Å². The van der Waals surface area contributed by atoms with E-state index in [2.05, 4.69) is 10.3 Å². The highest BCUT2D eigenvalue weighted by atomic mass is 19.4. The van der Waals surface area contributed by atoms with Gasteiger partial charge in [-0.15, -0.1) is 0 Å². The highest BCUT2D eigenvalue weighted by Crippen LogP contribution is 2.42. The van der Waals surface area contributed by atoms with Gasteiger partial charge in [0.2, 0.25) is 5.56 Å². The van der Waals surface area contributed by atoms with Gasteiger partial charge in [0, 0.05) is 29.4 Å². The number of aromatic amines is 1. The molecule has 1 atom stereocenters. The van der Waals surface area contributed by atoms with E-state index in [1.165, 1.54) is 30.5 Å². The number of nitrogens with one attached hydrogen (secondary N) is 2. The van der Waals surface area contributed by atoms with E-state index in [1.54, 1.807) is 6.07 Å². The number of aryl methyl sites for hydroxylation is 1. The number of hydrogen-bond acceptors (Lipinski definition) is 2. The summed E-state index contributed by atoms with van der Waals surface area (Å²) in [4.78, 5) is 26.7. The number of carbonyl (C=O) groups is 1. The first-order valence-corrected chi connectivity index (χ1v) is 9.22. The number of fused-ring (bicyclic) bond motifs is 1. The fourth-order valence-corrected chi connectivity index (χ4v) is 3.85. The number of benzene rings is 2. The van der Waals surface area contributed by atoms with E-state index in [0.29, 0.717) is 18.4 Å². The van der Waals surface area contributed by atoms with Crippen LogP contribution < -0.4 is 10.9 Å². The molecule has 0 aliphatic heterocycles. The molecule has 0 spiro atoms. The molecular formula is C22H16F4N2O2. The largest absolute Gasteiger partial charge is 0.416 e. The second-order valence-corrected chi connectivity index (χ2v) is 7.13. The Kier molecular flexibility index (Phi) is 4.93. The molecule has 1 aromatic heterocycles. The van der Waals surface area contributed by atoms with E-state index < -0.39 is 34.9 Å². The zero-order valence-corrected chi connectivity index (χ0v) is 15.5. The lowest BCUT2D eigenvalue weighted by Crippen LogP contribution is -2.18. The molecule has 1 heterocycles. The maximum Gasteiger partial charge on any atom is 0.416 e. The molecule has 1 unspecified atom stereocenters. The highest BCUT2D eigenvalue weighted by Gasteiger charge is 2.34. The van der Waals surface area contributed by atoms with Gasteiger partial charge in [-0.25, -0.2) is 4.39 Å². The maximum atomic E-state index is 13.8. The number of anilines is 1. The summed E-state index contributed by atoms with van der Waals surface area (Å²) in [5.74, 6) is -1.67. The maximum absolute atomic E-state index is 13.8. The fraction of sp³-hybridized carbons (Fsp3) is 0.182. The third-order valence-corrected chi connectivity index (χ3v) is 5.22. The lowest BCUT2D eigenvalue weighted by molar-refractivity contribution is -0.137. The van der Waals surface area contributed by atoms with Gasteiger partial charge in [0.15, 0.2) is 0 Å². The Bertz CT molecular complexity index is 1180. The minimum Gasteiger partial charge on any atom is -0.329 e. The van der Waals surface area contributed by atoms with Crippen molar-refractivity contribution >= 4 is 11.6 Å². The Morgan fingerprint density at radius 1 is 1.03 bits per heavy atom. The van der Waals surface area contributed by atoms with Crippen LogP contribution in [0.15, 0.2) is 59.5 Å². The van der Waals surface area contributed by atoms with Crippen LogP contribution in [0.3, 0.4) is 0 Å². The Hall–Kier alpha value is -3.42. The molecule has 3 aromatic rings. The first-order chi connectivity index (χ1) is 14.2. The Labute approximate surface area is 168 Å². The number of aromatic nitrogens is 1. The molecule has 1 amide bonds. The van der Waals surface area contributed by atoms with Crippen molar-refractivity contribution in [2.45, 2.75) is 24.9 Å². The Morgan fingerprint density at radius 3 is 2.57 bits per heavy atom. The van der Waals surface area contributed by atoms with Crippen molar-refractivity contribution in [1.82, 2.24) is 4.98 Å². The van der Waals surface area contributed by atoms with Crippen molar-refractivity contribution in [3.63, 3.8) is 0 Å². The molecule has 4 rings (SSSR count). The van der Waals surface area contributed by atoms with Crippen molar-refractivity contribution in [3.8, 4) is 0 Å². The second kappa shape index (κ2) is 7.44. The molecule has 0 saturated heterocycles. The first kappa shape index (κ1) is 19.9. The van der Waals surface area contributed by atoms with Gasteiger partial charge in [-0.3, -0.25) is 9.59 Å². The average molecular weight is 416 g/mol.